The third-order valence-electron chi connectivity index (χ3n) is 3.99. The highest BCUT2D eigenvalue weighted by Crippen LogP contribution is 2.19. The van der Waals surface area contributed by atoms with E-state index in [1.165, 1.54) is 0 Å². The van der Waals surface area contributed by atoms with E-state index in [0.717, 1.165) is 50.5 Å². The molecule has 2 heterocycles. The second-order valence-electron chi connectivity index (χ2n) is 5.48. The summed E-state index contributed by atoms with van der Waals surface area (Å²) in [6, 6.07) is 2.61. The first-order valence-electron chi connectivity index (χ1n) is 7.69. The molecule has 0 radical (unpaired) electrons. The number of rotatable bonds is 6. The van der Waals surface area contributed by atoms with E-state index < -0.39 is 0 Å². The molecule has 5 nitrogen and oxygen atoms in total. The van der Waals surface area contributed by atoms with E-state index in [0.29, 0.717) is 6.04 Å². The summed E-state index contributed by atoms with van der Waals surface area (Å²) in [5.41, 5.74) is 1.06. The number of allylic oxidation sites excluding steroid dienone is 1. The van der Waals surface area contributed by atoms with Gasteiger partial charge in [-0.1, -0.05) is 6.08 Å². The second-order valence-corrected chi connectivity index (χ2v) is 5.48. The average molecular weight is 290 g/mol. The topological polar surface area (TPSA) is 41.5 Å². The third-order valence-corrected chi connectivity index (χ3v) is 3.99. The smallest absolute Gasteiger partial charge is 0.132 e. The van der Waals surface area contributed by atoms with E-state index in [9.17, 15) is 0 Å². The van der Waals surface area contributed by atoms with Gasteiger partial charge in [0.15, 0.2) is 0 Å². The first-order chi connectivity index (χ1) is 10.2. The lowest BCUT2D eigenvalue weighted by Crippen LogP contribution is -2.37. The van der Waals surface area contributed by atoms with E-state index >= 15 is 0 Å². The molecule has 0 spiro atoms. The fraction of sp³-hybridized carbons (Fsp3) is 0.625. The molecule has 1 aliphatic heterocycles. The minimum absolute atomic E-state index is 0.517. The zero-order valence-electron chi connectivity index (χ0n) is 13.3. The molecule has 0 aliphatic carbocycles. The van der Waals surface area contributed by atoms with Gasteiger partial charge in [0.2, 0.25) is 0 Å². The van der Waals surface area contributed by atoms with Gasteiger partial charge in [0, 0.05) is 58.1 Å². The molecule has 0 bridgehead atoms. The van der Waals surface area contributed by atoms with Crippen LogP contribution in [0, 0.1) is 0 Å². The van der Waals surface area contributed by atoms with Crippen LogP contribution in [0.4, 0.5) is 5.82 Å². The van der Waals surface area contributed by atoms with E-state index in [1.54, 1.807) is 6.33 Å². The molecule has 0 N–H and O–H groups in total. The normalized spacial score (nSPS) is 16.3. The van der Waals surface area contributed by atoms with Crippen molar-refractivity contribution in [2.24, 2.45) is 0 Å². The van der Waals surface area contributed by atoms with Crippen LogP contribution in [0.3, 0.4) is 0 Å². The van der Waals surface area contributed by atoms with Crippen LogP contribution < -0.4 is 4.90 Å². The van der Waals surface area contributed by atoms with Crippen molar-refractivity contribution in [1.29, 1.82) is 0 Å². The van der Waals surface area contributed by atoms with Crippen LogP contribution in [0.15, 0.2) is 24.7 Å². The molecule has 1 aromatic heterocycles. The van der Waals surface area contributed by atoms with Gasteiger partial charge in [-0.3, -0.25) is 0 Å². The molecule has 0 atom stereocenters. The predicted octanol–water partition coefficient (Wildman–Crippen LogP) is 2.10. The predicted molar refractivity (Wildman–Crippen MR) is 85.4 cm³/mol. The van der Waals surface area contributed by atoms with Crippen LogP contribution in [0.1, 0.15) is 25.5 Å². The number of nitrogens with zero attached hydrogens (tertiary/aromatic N) is 4. The number of aromatic nitrogens is 2. The standard InChI is InChI=1S/C16H26N4O/c1-4-19(2)9-5-6-14-12-16(18-13-17-14)20(3)15-7-10-21-11-8-15/h5,9,12-13,15H,4,6-8,10-11H2,1-3H3/b9-5-. The molecule has 1 fully saturated rings. The Bertz CT molecular complexity index is 457. The van der Waals surface area contributed by atoms with Crippen molar-refractivity contribution >= 4 is 5.82 Å². The largest absolute Gasteiger partial charge is 0.381 e. The summed E-state index contributed by atoms with van der Waals surface area (Å²) >= 11 is 0. The Kier molecular flexibility index (Phi) is 5.99. The van der Waals surface area contributed by atoms with Gasteiger partial charge >= 0.3 is 0 Å². The number of hydrogen-bond donors (Lipinski definition) is 0. The van der Waals surface area contributed by atoms with Crippen LogP contribution in [0.5, 0.6) is 0 Å². The summed E-state index contributed by atoms with van der Waals surface area (Å²) < 4.78 is 5.42. The van der Waals surface area contributed by atoms with Crippen molar-refractivity contribution in [2.75, 3.05) is 38.8 Å². The molecule has 0 unspecified atom stereocenters. The Balaban J connectivity index is 1.98. The fourth-order valence-electron chi connectivity index (χ4n) is 2.41. The Hall–Kier alpha value is -1.62. The second kappa shape index (κ2) is 7.98. The van der Waals surface area contributed by atoms with E-state index in [1.807, 2.05) is 0 Å². The van der Waals surface area contributed by atoms with Crippen LogP contribution in [0.25, 0.3) is 0 Å². The summed E-state index contributed by atoms with van der Waals surface area (Å²) in [6.07, 6.45) is 8.88. The number of anilines is 1. The first-order valence-corrected chi connectivity index (χ1v) is 7.69. The highest BCUT2D eigenvalue weighted by Gasteiger charge is 2.19. The molecule has 1 aromatic rings. The molecular formula is C16H26N4O. The average Bonchev–Trinajstić information content (AvgIpc) is 2.55. The van der Waals surface area contributed by atoms with Gasteiger partial charge in [-0.2, -0.15) is 0 Å². The maximum atomic E-state index is 5.42. The molecule has 1 saturated heterocycles. The molecular weight excluding hydrogens is 264 g/mol. The van der Waals surface area contributed by atoms with Crippen LogP contribution in [-0.2, 0) is 11.2 Å². The Morgan fingerprint density at radius 2 is 2.05 bits per heavy atom. The molecule has 0 aromatic carbocycles. The van der Waals surface area contributed by atoms with E-state index in [2.05, 4.69) is 59.1 Å². The van der Waals surface area contributed by atoms with Crippen molar-refractivity contribution < 1.29 is 4.74 Å². The minimum atomic E-state index is 0.517. The van der Waals surface area contributed by atoms with Crippen LogP contribution >= 0.6 is 0 Å². The van der Waals surface area contributed by atoms with Crippen molar-refractivity contribution in [2.45, 2.75) is 32.2 Å². The van der Waals surface area contributed by atoms with Gasteiger partial charge in [-0.25, -0.2) is 9.97 Å². The molecule has 0 amide bonds. The van der Waals surface area contributed by atoms with Crippen molar-refractivity contribution in [3.8, 4) is 0 Å². The van der Waals surface area contributed by atoms with Crippen molar-refractivity contribution in [3.63, 3.8) is 0 Å². The molecule has 21 heavy (non-hydrogen) atoms. The van der Waals surface area contributed by atoms with Crippen molar-refractivity contribution in [3.05, 3.63) is 30.4 Å². The van der Waals surface area contributed by atoms with Gasteiger partial charge in [0.25, 0.3) is 0 Å². The molecule has 0 saturated carbocycles. The lowest BCUT2D eigenvalue weighted by Gasteiger charge is -2.32. The lowest BCUT2D eigenvalue weighted by atomic mass is 10.1. The summed E-state index contributed by atoms with van der Waals surface area (Å²) in [5, 5.41) is 0. The first kappa shape index (κ1) is 15.8. The Morgan fingerprint density at radius 3 is 2.76 bits per heavy atom. The SMILES string of the molecule is CCN(C)/C=C\Cc1cc(N(C)C2CCOCC2)ncn1. The summed E-state index contributed by atoms with van der Waals surface area (Å²) in [4.78, 5) is 13.2. The Labute approximate surface area is 127 Å². The van der Waals surface area contributed by atoms with Gasteiger partial charge in [-0.05, 0) is 26.0 Å². The lowest BCUT2D eigenvalue weighted by molar-refractivity contribution is 0.0853. The van der Waals surface area contributed by atoms with Gasteiger partial charge in [0.1, 0.15) is 12.1 Å². The molecule has 116 valence electrons. The summed E-state index contributed by atoms with van der Waals surface area (Å²) in [5.74, 6) is 1.00. The van der Waals surface area contributed by atoms with E-state index in [-0.39, 0.29) is 0 Å². The zero-order valence-corrected chi connectivity index (χ0v) is 13.3. The minimum Gasteiger partial charge on any atom is -0.381 e. The highest BCUT2D eigenvalue weighted by molar-refractivity contribution is 5.39. The van der Waals surface area contributed by atoms with E-state index in [4.69, 9.17) is 4.74 Å². The maximum Gasteiger partial charge on any atom is 0.132 e. The van der Waals surface area contributed by atoms with Gasteiger partial charge in [-0.15, -0.1) is 0 Å². The molecule has 2 rings (SSSR count). The number of hydrogen-bond acceptors (Lipinski definition) is 5. The highest BCUT2D eigenvalue weighted by atomic mass is 16.5. The molecule has 5 heteroatoms. The quantitative estimate of drug-likeness (QED) is 0.802. The zero-order chi connectivity index (χ0) is 15.1. The maximum absolute atomic E-state index is 5.42. The van der Waals surface area contributed by atoms with Crippen LogP contribution in [-0.4, -0.2) is 54.8 Å². The Morgan fingerprint density at radius 1 is 1.29 bits per heavy atom. The molecule has 1 aliphatic rings. The summed E-state index contributed by atoms with van der Waals surface area (Å²) in [6.45, 7) is 4.84. The van der Waals surface area contributed by atoms with Crippen LogP contribution in [0.2, 0.25) is 0 Å². The van der Waals surface area contributed by atoms with Crippen molar-refractivity contribution in [1.82, 2.24) is 14.9 Å². The monoisotopic (exact) mass is 290 g/mol. The number of ether oxygens (including phenoxy) is 1. The van der Waals surface area contributed by atoms with Gasteiger partial charge < -0.3 is 14.5 Å². The fourth-order valence-corrected chi connectivity index (χ4v) is 2.41. The third kappa shape index (κ3) is 4.70. The van der Waals surface area contributed by atoms with Gasteiger partial charge in [0.05, 0.1) is 0 Å². The summed E-state index contributed by atoms with van der Waals surface area (Å²) in [7, 11) is 4.18.